The summed E-state index contributed by atoms with van der Waals surface area (Å²) in [5.74, 6) is 0.837. The molecule has 0 bridgehead atoms. The average molecular weight is 380 g/mol. The van der Waals surface area contributed by atoms with Gasteiger partial charge in [0.15, 0.2) is 11.5 Å². The molecular formula is C21H27ClFNO2. The van der Waals surface area contributed by atoms with Gasteiger partial charge in [0.2, 0.25) is 0 Å². The minimum Gasteiger partial charge on any atom is -0.493 e. The number of unbranched alkanes of at least 4 members (excludes halogenated alkanes) is 3. The predicted molar refractivity (Wildman–Crippen MR) is 105 cm³/mol. The van der Waals surface area contributed by atoms with E-state index < -0.39 is 0 Å². The van der Waals surface area contributed by atoms with Gasteiger partial charge in [0.05, 0.1) is 12.1 Å². The molecule has 0 aliphatic rings. The third-order valence-electron chi connectivity index (χ3n) is 4.12. The first-order valence-electron chi connectivity index (χ1n) is 9.08. The zero-order valence-corrected chi connectivity index (χ0v) is 16.2. The van der Waals surface area contributed by atoms with E-state index in [1.54, 1.807) is 19.2 Å². The molecule has 2 aromatic carbocycles. The van der Waals surface area contributed by atoms with E-state index in [-0.39, 0.29) is 5.82 Å². The number of ether oxygens (including phenoxy) is 2. The molecule has 0 aromatic heterocycles. The summed E-state index contributed by atoms with van der Waals surface area (Å²) in [7, 11) is 1.60. The molecule has 5 heteroatoms. The molecule has 3 nitrogen and oxygen atoms in total. The Morgan fingerprint density at radius 1 is 1.04 bits per heavy atom. The van der Waals surface area contributed by atoms with E-state index in [0.29, 0.717) is 23.1 Å². The van der Waals surface area contributed by atoms with E-state index in [4.69, 9.17) is 21.1 Å². The Balaban J connectivity index is 1.94. The van der Waals surface area contributed by atoms with Crippen LogP contribution in [0.2, 0.25) is 5.02 Å². The lowest BCUT2D eigenvalue weighted by atomic mass is 10.1. The van der Waals surface area contributed by atoms with Crippen LogP contribution in [0.3, 0.4) is 0 Å². The highest BCUT2D eigenvalue weighted by Crippen LogP contribution is 2.37. The highest BCUT2D eigenvalue weighted by Gasteiger charge is 2.12. The molecule has 0 heterocycles. The van der Waals surface area contributed by atoms with Crippen LogP contribution in [0, 0.1) is 5.82 Å². The summed E-state index contributed by atoms with van der Waals surface area (Å²) in [6.07, 6.45) is 4.95. The Morgan fingerprint density at radius 2 is 1.81 bits per heavy atom. The average Bonchev–Trinajstić information content (AvgIpc) is 2.64. The molecule has 0 fully saturated rings. The topological polar surface area (TPSA) is 30.5 Å². The second-order valence-electron chi connectivity index (χ2n) is 6.26. The van der Waals surface area contributed by atoms with Crippen molar-refractivity contribution in [2.75, 3.05) is 13.7 Å². The van der Waals surface area contributed by atoms with Gasteiger partial charge in [0.25, 0.3) is 0 Å². The summed E-state index contributed by atoms with van der Waals surface area (Å²) in [5.41, 5.74) is 1.92. The summed E-state index contributed by atoms with van der Waals surface area (Å²) >= 11 is 6.39. The van der Waals surface area contributed by atoms with Crippen molar-refractivity contribution in [3.05, 3.63) is 58.4 Å². The van der Waals surface area contributed by atoms with Crippen LogP contribution in [0.1, 0.15) is 43.7 Å². The van der Waals surface area contributed by atoms with Crippen molar-refractivity contribution in [3.63, 3.8) is 0 Å². The normalized spacial score (nSPS) is 10.8. The second-order valence-corrected chi connectivity index (χ2v) is 6.67. The van der Waals surface area contributed by atoms with Crippen LogP contribution in [0.25, 0.3) is 0 Å². The van der Waals surface area contributed by atoms with Crippen LogP contribution in [0.4, 0.5) is 4.39 Å². The lowest BCUT2D eigenvalue weighted by Crippen LogP contribution is -2.14. The monoisotopic (exact) mass is 379 g/mol. The fourth-order valence-electron chi connectivity index (χ4n) is 2.66. The maximum Gasteiger partial charge on any atom is 0.180 e. The summed E-state index contributed by atoms with van der Waals surface area (Å²) < 4.78 is 24.2. The van der Waals surface area contributed by atoms with Crippen molar-refractivity contribution in [3.8, 4) is 11.5 Å². The largest absolute Gasteiger partial charge is 0.493 e. The van der Waals surface area contributed by atoms with Crippen molar-refractivity contribution in [1.82, 2.24) is 5.32 Å². The van der Waals surface area contributed by atoms with Crippen LogP contribution in [0.15, 0.2) is 36.4 Å². The maximum atomic E-state index is 13.0. The van der Waals surface area contributed by atoms with Crippen LogP contribution in [-0.4, -0.2) is 13.7 Å². The van der Waals surface area contributed by atoms with Gasteiger partial charge in [-0.15, -0.1) is 0 Å². The fraction of sp³-hybridized carbons (Fsp3) is 0.429. The van der Waals surface area contributed by atoms with Crippen LogP contribution in [-0.2, 0) is 13.2 Å². The van der Waals surface area contributed by atoms with E-state index >= 15 is 0 Å². The molecule has 0 aliphatic heterocycles. The highest BCUT2D eigenvalue weighted by atomic mass is 35.5. The minimum atomic E-state index is -0.268. The predicted octanol–water partition coefficient (Wildman–Crippen LogP) is 5.74. The Morgan fingerprint density at radius 3 is 2.50 bits per heavy atom. The second kappa shape index (κ2) is 11.0. The fourth-order valence-corrected chi connectivity index (χ4v) is 2.95. The number of nitrogens with one attached hydrogen (secondary N) is 1. The highest BCUT2D eigenvalue weighted by molar-refractivity contribution is 6.32. The quantitative estimate of drug-likeness (QED) is 0.505. The van der Waals surface area contributed by atoms with Gasteiger partial charge in [-0.05, 0) is 48.4 Å². The van der Waals surface area contributed by atoms with Crippen molar-refractivity contribution < 1.29 is 13.9 Å². The van der Waals surface area contributed by atoms with E-state index in [9.17, 15) is 4.39 Å². The molecular weight excluding hydrogens is 353 g/mol. The lowest BCUT2D eigenvalue weighted by molar-refractivity contribution is 0.284. The first-order valence-corrected chi connectivity index (χ1v) is 9.46. The molecule has 0 atom stereocenters. The molecule has 2 aromatic rings. The number of halogens is 2. The van der Waals surface area contributed by atoms with Crippen LogP contribution < -0.4 is 14.8 Å². The summed E-state index contributed by atoms with van der Waals surface area (Å²) in [6, 6.07) is 10.0. The van der Waals surface area contributed by atoms with Gasteiger partial charge in [-0.3, -0.25) is 0 Å². The van der Waals surface area contributed by atoms with Crippen molar-refractivity contribution in [2.24, 2.45) is 0 Å². The first kappa shape index (κ1) is 20.5. The zero-order chi connectivity index (χ0) is 18.8. The molecule has 1 N–H and O–H groups in total. The van der Waals surface area contributed by atoms with Gasteiger partial charge in [-0.2, -0.15) is 0 Å². The smallest absolute Gasteiger partial charge is 0.180 e. The molecule has 0 radical (unpaired) electrons. The number of hydrogen-bond acceptors (Lipinski definition) is 3. The Kier molecular flexibility index (Phi) is 8.72. The Bertz CT molecular complexity index is 676. The van der Waals surface area contributed by atoms with E-state index in [1.807, 2.05) is 12.1 Å². The molecule has 0 aliphatic carbocycles. The van der Waals surface area contributed by atoms with Crippen LogP contribution in [0.5, 0.6) is 11.5 Å². The molecule has 0 saturated carbocycles. The molecule has 0 saturated heterocycles. The summed E-state index contributed by atoms with van der Waals surface area (Å²) in [4.78, 5) is 0. The van der Waals surface area contributed by atoms with Gasteiger partial charge < -0.3 is 14.8 Å². The Labute approximate surface area is 160 Å². The lowest BCUT2D eigenvalue weighted by Gasteiger charge is -2.15. The Hall–Kier alpha value is -1.78. The van der Waals surface area contributed by atoms with Gasteiger partial charge in [-0.25, -0.2) is 4.39 Å². The van der Waals surface area contributed by atoms with E-state index in [1.165, 1.54) is 37.8 Å². The number of hydrogen-bond donors (Lipinski definition) is 1. The van der Waals surface area contributed by atoms with Gasteiger partial charge in [0, 0.05) is 6.54 Å². The zero-order valence-electron chi connectivity index (χ0n) is 15.5. The standard InChI is InChI=1S/C21H27ClFNO2/c1-3-4-5-6-11-24-14-17-12-19(22)21(20(13-17)25-2)26-15-16-7-9-18(23)10-8-16/h7-10,12-13,24H,3-6,11,14-15H2,1-2H3. The molecule has 0 spiro atoms. The van der Waals surface area contributed by atoms with Crippen molar-refractivity contribution >= 4 is 11.6 Å². The molecule has 2 rings (SSSR count). The number of rotatable bonds is 11. The van der Waals surface area contributed by atoms with Gasteiger partial charge >= 0.3 is 0 Å². The third-order valence-corrected chi connectivity index (χ3v) is 4.40. The molecule has 0 amide bonds. The van der Waals surface area contributed by atoms with Gasteiger partial charge in [0.1, 0.15) is 12.4 Å². The number of benzene rings is 2. The SMILES string of the molecule is CCCCCCNCc1cc(Cl)c(OCc2ccc(F)cc2)c(OC)c1. The van der Waals surface area contributed by atoms with E-state index in [2.05, 4.69) is 12.2 Å². The first-order chi connectivity index (χ1) is 12.6. The van der Waals surface area contributed by atoms with Gasteiger partial charge in [-0.1, -0.05) is 49.9 Å². The van der Waals surface area contributed by atoms with E-state index in [0.717, 1.165) is 24.2 Å². The number of methoxy groups -OCH3 is 1. The van der Waals surface area contributed by atoms with Crippen molar-refractivity contribution in [2.45, 2.75) is 45.8 Å². The van der Waals surface area contributed by atoms with Crippen molar-refractivity contribution in [1.29, 1.82) is 0 Å². The maximum absolute atomic E-state index is 13.0. The minimum absolute atomic E-state index is 0.268. The molecule has 26 heavy (non-hydrogen) atoms. The summed E-state index contributed by atoms with van der Waals surface area (Å²) in [6.45, 7) is 4.23. The molecule has 0 unspecified atom stereocenters. The van der Waals surface area contributed by atoms with Crippen LogP contribution >= 0.6 is 11.6 Å². The third kappa shape index (κ3) is 6.50. The summed E-state index contributed by atoms with van der Waals surface area (Å²) in [5, 5.41) is 3.94. The molecule has 142 valence electrons.